The Bertz CT molecular complexity index is 1070. The highest BCUT2D eigenvalue weighted by Gasteiger charge is 2.49. The van der Waals surface area contributed by atoms with Crippen LogP contribution in [0.3, 0.4) is 0 Å². The van der Waals surface area contributed by atoms with Gasteiger partial charge in [-0.15, -0.1) is 0 Å². The van der Waals surface area contributed by atoms with Gasteiger partial charge in [0, 0.05) is 11.6 Å². The van der Waals surface area contributed by atoms with Gasteiger partial charge in [-0.05, 0) is 31.7 Å². The summed E-state index contributed by atoms with van der Waals surface area (Å²) in [5.41, 5.74) is 1.05. The van der Waals surface area contributed by atoms with E-state index in [-0.39, 0.29) is 23.0 Å². The molecule has 3 heterocycles. The van der Waals surface area contributed by atoms with Crippen LogP contribution in [0.25, 0.3) is 17.2 Å². The molecule has 0 saturated heterocycles. The van der Waals surface area contributed by atoms with Crippen LogP contribution in [-0.4, -0.2) is 42.9 Å². The second-order valence-corrected chi connectivity index (χ2v) is 7.52. The number of nitrogens with zero attached hydrogens (tertiary/aromatic N) is 5. The Morgan fingerprint density at radius 2 is 2.03 bits per heavy atom. The zero-order valence-corrected chi connectivity index (χ0v) is 16.0. The first-order chi connectivity index (χ1) is 13.6. The van der Waals surface area contributed by atoms with Gasteiger partial charge in [-0.2, -0.15) is 23.3 Å². The summed E-state index contributed by atoms with van der Waals surface area (Å²) in [4.78, 5) is 21.3. The molecular formula is C18H19F3N6O2. The van der Waals surface area contributed by atoms with E-state index < -0.39 is 24.0 Å². The third-order valence-corrected chi connectivity index (χ3v) is 4.79. The van der Waals surface area contributed by atoms with Crippen LogP contribution in [0.2, 0.25) is 0 Å². The molecule has 0 spiro atoms. The third kappa shape index (κ3) is 3.68. The molecule has 3 aromatic rings. The van der Waals surface area contributed by atoms with Gasteiger partial charge in [-0.3, -0.25) is 4.79 Å². The van der Waals surface area contributed by atoms with E-state index in [0.29, 0.717) is 30.1 Å². The number of nitrogens with one attached hydrogen (secondary N) is 1. The lowest BCUT2D eigenvalue weighted by molar-refractivity contribution is -0.158. The molecule has 1 atom stereocenters. The summed E-state index contributed by atoms with van der Waals surface area (Å²) in [6, 6.07) is -0.209. The number of aromatic nitrogens is 5. The van der Waals surface area contributed by atoms with Gasteiger partial charge < -0.3 is 9.84 Å². The maximum Gasteiger partial charge on any atom is 0.408 e. The zero-order valence-electron chi connectivity index (χ0n) is 16.0. The summed E-state index contributed by atoms with van der Waals surface area (Å²) in [5, 5.41) is 10.1. The van der Waals surface area contributed by atoms with Gasteiger partial charge in [0.1, 0.15) is 17.3 Å². The molecular weight excluding hydrogens is 389 g/mol. The summed E-state index contributed by atoms with van der Waals surface area (Å²) in [6.45, 7) is 5.53. The van der Waals surface area contributed by atoms with Crippen molar-refractivity contribution in [1.82, 2.24) is 30.1 Å². The minimum Gasteiger partial charge on any atom is -0.340 e. The van der Waals surface area contributed by atoms with Gasteiger partial charge in [0.05, 0.1) is 6.20 Å². The van der Waals surface area contributed by atoms with E-state index in [1.807, 2.05) is 13.8 Å². The Balaban J connectivity index is 1.70. The molecule has 1 aliphatic rings. The molecule has 0 aromatic carbocycles. The van der Waals surface area contributed by atoms with Crippen LogP contribution in [0, 0.1) is 12.8 Å². The number of carbonyl (C=O) groups excluding carboxylic acids is 1. The first-order valence-corrected chi connectivity index (χ1v) is 9.22. The van der Waals surface area contributed by atoms with Crippen molar-refractivity contribution < 1.29 is 22.5 Å². The molecule has 29 heavy (non-hydrogen) atoms. The van der Waals surface area contributed by atoms with E-state index in [2.05, 4.69) is 25.5 Å². The average molecular weight is 408 g/mol. The van der Waals surface area contributed by atoms with Crippen molar-refractivity contribution in [2.75, 3.05) is 0 Å². The Morgan fingerprint density at radius 1 is 1.31 bits per heavy atom. The van der Waals surface area contributed by atoms with Gasteiger partial charge in [-0.1, -0.05) is 19.0 Å². The smallest absolute Gasteiger partial charge is 0.340 e. The molecule has 0 radical (unpaired) electrons. The highest BCUT2D eigenvalue weighted by atomic mass is 19.4. The van der Waals surface area contributed by atoms with Crippen LogP contribution in [0.4, 0.5) is 13.2 Å². The Labute approximate surface area is 163 Å². The Hall–Kier alpha value is -2.98. The van der Waals surface area contributed by atoms with Crippen molar-refractivity contribution in [3.05, 3.63) is 29.4 Å². The summed E-state index contributed by atoms with van der Waals surface area (Å²) in [7, 11) is 0. The molecule has 0 bridgehead atoms. The lowest BCUT2D eigenvalue weighted by atomic mass is 10.1. The highest BCUT2D eigenvalue weighted by molar-refractivity contribution is 6.00. The number of aryl methyl sites for hydroxylation is 1. The van der Waals surface area contributed by atoms with E-state index in [1.54, 1.807) is 13.0 Å². The summed E-state index contributed by atoms with van der Waals surface area (Å²) in [6.07, 6.45) is -2.41. The van der Waals surface area contributed by atoms with Crippen LogP contribution < -0.4 is 5.32 Å². The summed E-state index contributed by atoms with van der Waals surface area (Å²) < 4.78 is 46.4. The predicted octanol–water partition coefficient (Wildman–Crippen LogP) is 3.28. The SMILES string of the molecule is Cc1cc(-c2noc(C(C)C)n2)nc2c(C(=O)N[C@H](C3CC3)C(F)(F)F)cnn12. The van der Waals surface area contributed by atoms with E-state index in [1.165, 1.54) is 10.7 Å². The number of hydrogen-bond acceptors (Lipinski definition) is 6. The third-order valence-electron chi connectivity index (χ3n) is 4.79. The topological polar surface area (TPSA) is 98.2 Å². The van der Waals surface area contributed by atoms with Crippen molar-refractivity contribution in [2.24, 2.45) is 5.92 Å². The first kappa shape index (κ1) is 19.3. The molecule has 8 nitrogen and oxygen atoms in total. The van der Waals surface area contributed by atoms with E-state index in [4.69, 9.17) is 4.52 Å². The van der Waals surface area contributed by atoms with Crippen molar-refractivity contribution in [2.45, 2.75) is 51.7 Å². The molecule has 154 valence electrons. The van der Waals surface area contributed by atoms with Gasteiger partial charge >= 0.3 is 6.18 Å². The molecule has 0 aliphatic heterocycles. The van der Waals surface area contributed by atoms with Gasteiger partial charge in [0.2, 0.25) is 11.7 Å². The fourth-order valence-electron chi connectivity index (χ4n) is 3.08. The standard InChI is InChI=1S/C18H19F3N6O2/c1-8(2)17-25-14(26-29-17)12-6-9(3)27-15(23-12)11(7-22-27)16(28)24-13(10-4-5-10)18(19,20)21/h6-8,10,13H,4-5H2,1-3H3,(H,24,28)/t13-/m1/s1. The van der Waals surface area contributed by atoms with Gasteiger partial charge in [-0.25, -0.2) is 9.50 Å². The van der Waals surface area contributed by atoms with Crippen molar-refractivity contribution in [3.63, 3.8) is 0 Å². The molecule has 3 aromatic heterocycles. The molecule has 0 unspecified atom stereocenters. The minimum atomic E-state index is -4.51. The van der Waals surface area contributed by atoms with Crippen LogP contribution in [0.15, 0.2) is 16.8 Å². The number of alkyl halides is 3. The quantitative estimate of drug-likeness (QED) is 0.696. The lowest BCUT2D eigenvalue weighted by Gasteiger charge is -2.20. The van der Waals surface area contributed by atoms with E-state index >= 15 is 0 Å². The fraction of sp³-hybridized carbons (Fsp3) is 0.500. The van der Waals surface area contributed by atoms with Crippen LogP contribution in [0.5, 0.6) is 0 Å². The van der Waals surface area contributed by atoms with E-state index in [0.717, 1.165) is 0 Å². The van der Waals surface area contributed by atoms with Crippen molar-refractivity contribution >= 4 is 11.6 Å². The number of amides is 1. The van der Waals surface area contributed by atoms with Crippen molar-refractivity contribution in [1.29, 1.82) is 0 Å². The Kier molecular flexibility index (Phi) is 4.55. The van der Waals surface area contributed by atoms with Crippen LogP contribution >= 0.6 is 0 Å². The average Bonchev–Trinajstić information content (AvgIpc) is 3.17. The monoisotopic (exact) mass is 408 g/mol. The van der Waals surface area contributed by atoms with Gasteiger partial charge in [0.25, 0.3) is 5.91 Å². The number of halogens is 3. The number of fused-ring (bicyclic) bond motifs is 1. The maximum atomic E-state index is 13.3. The number of rotatable bonds is 5. The van der Waals surface area contributed by atoms with Crippen molar-refractivity contribution in [3.8, 4) is 11.5 Å². The fourth-order valence-corrected chi connectivity index (χ4v) is 3.08. The van der Waals surface area contributed by atoms with Crippen LogP contribution in [-0.2, 0) is 0 Å². The second kappa shape index (κ2) is 6.82. The summed E-state index contributed by atoms with van der Waals surface area (Å²) >= 11 is 0. The molecule has 1 N–H and O–H groups in total. The second-order valence-electron chi connectivity index (χ2n) is 7.52. The first-order valence-electron chi connectivity index (χ1n) is 9.22. The summed E-state index contributed by atoms with van der Waals surface area (Å²) in [5.74, 6) is -0.755. The zero-order chi connectivity index (χ0) is 20.9. The Morgan fingerprint density at radius 3 is 2.62 bits per heavy atom. The predicted molar refractivity (Wildman–Crippen MR) is 95.1 cm³/mol. The molecule has 4 rings (SSSR count). The van der Waals surface area contributed by atoms with E-state index in [9.17, 15) is 18.0 Å². The normalized spacial score (nSPS) is 15.8. The highest BCUT2D eigenvalue weighted by Crippen LogP contribution is 2.40. The molecule has 1 fully saturated rings. The largest absolute Gasteiger partial charge is 0.408 e. The number of carbonyl (C=O) groups is 1. The minimum absolute atomic E-state index is 0.0270. The molecule has 1 saturated carbocycles. The van der Waals surface area contributed by atoms with Crippen LogP contribution in [0.1, 0.15) is 54.5 Å². The molecule has 1 amide bonds. The number of hydrogen-bond donors (Lipinski definition) is 1. The molecule has 11 heteroatoms. The van der Waals surface area contributed by atoms with Gasteiger partial charge in [0.15, 0.2) is 5.65 Å². The maximum absolute atomic E-state index is 13.3. The molecule has 1 aliphatic carbocycles. The lowest BCUT2D eigenvalue weighted by Crippen LogP contribution is -2.46.